The molecule has 2 N–H and O–H groups in total. The van der Waals surface area contributed by atoms with Crippen LogP contribution in [0, 0.1) is 5.92 Å². The maximum absolute atomic E-state index is 11.8. The summed E-state index contributed by atoms with van der Waals surface area (Å²) in [5.41, 5.74) is 0.402. The van der Waals surface area contributed by atoms with E-state index >= 15 is 0 Å². The first kappa shape index (κ1) is 11.6. The second kappa shape index (κ2) is 4.57. The van der Waals surface area contributed by atoms with Crippen molar-refractivity contribution in [2.45, 2.75) is 32.4 Å². The van der Waals surface area contributed by atoms with Crippen LogP contribution in [-0.2, 0) is 11.3 Å². The van der Waals surface area contributed by atoms with Crippen molar-refractivity contribution in [2.75, 3.05) is 0 Å². The van der Waals surface area contributed by atoms with Crippen LogP contribution in [0.15, 0.2) is 12.4 Å². The van der Waals surface area contributed by atoms with Crippen molar-refractivity contribution in [3.05, 3.63) is 18.0 Å². The first-order valence-electron chi connectivity index (χ1n) is 5.68. The molecule has 2 rings (SSSR count). The summed E-state index contributed by atoms with van der Waals surface area (Å²) < 4.78 is 1.63. The average molecular weight is 237 g/mol. The van der Waals surface area contributed by atoms with Gasteiger partial charge >= 0.3 is 5.97 Å². The number of amides is 1. The first-order valence-corrected chi connectivity index (χ1v) is 5.68. The molecule has 1 aliphatic carbocycles. The van der Waals surface area contributed by atoms with Gasteiger partial charge in [-0.1, -0.05) is 0 Å². The van der Waals surface area contributed by atoms with Crippen molar-refractivity contribution in [1.29, 1.82) is 0 Å². The summed E-state index contributed by atoms with van der Waals surface area (Å²) in [5, 5.41) is 15.5. The number of hydrogen-bond acceptors (Lipinski definition) is 3. The lowest BCUT2D eigenvalue weighted by atomic mass is 10.2. The zero-order valence-electron chi connectivity index (χ0n) is 9.59. The number of aliphatic carboxylic acids is 1. The van der Waals surface area contributed by atoms with Gasteiger partial charge in [0.15, 0.2) is 0 Å². The minimum absolute atomic E-state index is 0.0812. The maximum atomic E-state index is 11.8. The van der Waals surface area contributed by atoms with Crippen molar-refractivity contribution < 1.29 is 14.7 Å². The van der Waals surface area contributed by atoms with Crippen molar-refractivity contribution in [2.24, 2.45) is 5.92 Å². The van der Waals surface area contributed by atoms with E-state index in [-0.39, 0.29) is 11.8 Å². The Morgan fingerprint density at radius 2 is 2.35 bits per heavy atom. The van der Waals surface area contributed by atoms with Crippen LogP contribution in [0.4, 0.5) is 0 Å². The monoisotopic (exact) mass is 237 g/mol. The number of rotatable bonds is 5. The molecule has 1 fully saturated rings. The fourth-order valence-electron chi connectivity index (χ4n) is 1.69. The average Bonchev–Trinajstić information content (AvgIpc) is 3.01. The molecule has 1 saturated carbocycles. The highest BCUT2D eigenvalue weighted by molar-refractivity contribution is 5.96. The predicted molar refractivity (Wildman–Crippen MR) is 59.5 cm³/mol. The van der Waals surface area contributed by atoms with Crippen LogP contribution in [0.3, 0.4) is 0 Å². The number of carboxylic acids is 1. The number of nitrogens with zero attached hydrogens (tertiary/aromatic N) is 2. The molecule has 0 aliphatic heterocycles. The Bertz CT molecular complexity index is 437. The zero-order chi connectivity index (χ0) is 12.4. The molecule has 0 spiro atoms. The van der Waals surface area contributed by atoms with E-state index in [2.05, 4.69) is 10.4 Å². The minimum Gasteiger partial charge on any atom is -0.480 e. The van der Waals surface area contributed by atoms with E-state index in [4.69, 9.17) is 5.11 Å². The Kier molecular flexibility index (Phi) is 3.12. The summed E-state index contributed by atoms with van der Waals surface area (Å²) in [6, 6.07) is -0.771. The number of carbonyl (C=O) groups is 2. The van der Waals surface area contributed by atoms with Gasteiger partial charge in [0.05, 0.1) is 11.8 Å². The number of aromatic nitrogens is 2. The molecule has 1 atom stereocenters. The highest BCUT2D eigenvalue weighted by atomic mass is 16.4. The molecule has 1 unspecified atom stereocenters. The zero-order valence-corrected chi connectivity index (χ0v) is 9.59. The van der Waals surface area contributed by atoms with Gasteiger partial charge in [0.25, 0.3) is 5.91 Å². The van der Waals surface area contributed by atoms with E-state index in [0.29, 0.717) is 12.1 Å². The third kappa shape index (κ3) is 2.64. The molecular formula is C11H15N3O3. The molecule has 92 valence electrons. The van der Waals surface area contributed by atoms with Crippen LogP contribution in [0.5, 0.6) is 0 Å². The SMILES string of the molecule is CCn1cc(C(=O)NC(C(=O)O)C2CC2)cn1. The smallest absolute Gasteiger partial charge is 0.326 e. The van der Waals surface area contributed by atoms with Crippen LogP contribution >= 0.6 is 0 Å². The normalized spacial score (nSPS) is 16.5. The molecule has 1 aromatic rings. The predicted octanol–water partition coefficient (Wildman–Crippen LogP) is 0.496. The lowest BCUT2D eigenvalue weighted by Gasteiger charge is -2.12. The highest BCUT2D eigenvalue weighted by Gasteiger charge is 2.37. The summed E-state index contributed by atoms with van der Waals surface area (Å²) in [6.45, 7) is 2.59. The standard InChI is InChI=1S/C11H15N3O3/c1-2-14-6-8(5-12-14)10(15)13-9(11(16)17)7-3-4-7/h5-7,9H,2-4H2,1H3,(H,13,15)(H,16,17). The Hall–Kier alpha value is -1.85. The molecule has 6 heteroatoms. The summed E-state index contributed by atoms with van der Waals surface area (Å²) in [7, 11) is 0. The van der Waals surface area contributed by atoms with Crippen molar-refractivity contribution in [3.63, 3.8) is 0 Å². The van der Waals surface area contributed by atoms with Crippen LogP contribution < -0.4 is 5.32 Å². The third-order valence-corrected chi connectivity index (χ3v) is 2.87. The quantitative estimate of drug-likeness (QED) is 0.780. The van der Waals surface area contributed by atoms with Gasteiger partial charge in [-0.2, -0.15) is 5.10 Å². The van der Waals surface area contributed by atoms with E-state index in [9.17, 15) is 9.59 Å². The first-order chi connectivity index (χ1) is 8.11. The fraction of sp³-hybridized carbons (Fsp3) is 0.545. The lowest BCUT2D eigenvalue weighted by molar-refractivity contribution is -0.139. The van der Waals surface area contributed by atoms with Gasteiger partial charge in [0.1, 0.15) is 6.04 Å². The van der Waals surface area contributed by atoms with E-state index in [1.54, 1.807) is 10.9 Å². The van der Waals surface area contributed by atoms with Gasteiger partial charge < -0.3 is 10.4 Å². The van der Waals surface area contributed by atoms with Crippen LogP contribution in [0.2, 0.25) is 0 Å². The highest BCUT2D eigenvalue weighted by Crippen LogP contribution is 2.32. The van der Waals surface area contributed by atoms with E-state index in [1.165, 1.54) is 6.20 Å². The molecule has 6 nitrogen and oxygen atoms in total. The summed E-state index contributed by atoms with van der Waals surface area (Å²) in [6.07, 6.45) is 4.79. The van der Waals surface area contributed by atoms with E-state index in [0.717, 1.165) is 12.8 Å². The molecule has 1 aliphatic rings. The molecular weight excluding hydrogens is 222 g/mol. The van der Waals surface area contributed by atoms with Crippen LogP contribution in [0.1, 0.15) is 30.1 Å². The second-order valence-corrected chi connectivity index (χ2v) is 4.21. The molecule has 0 radical (unpaired) electrons. The molecule has 1 heterocycles. The van der Waals surface area contributed by atoms with Gasteiger partial charge in [-0.05, 0) is 25.7 Å². The van der Waals surface area contributed by atoms with Gasteiger partial charge in [0, 0.05) is 12.7 Å². The number of aryl methyl sites for hydroxylation is 1. The molecule has 17 heavy (non-hydrogen) atoms. The largest absolute Gasteiger partial charge is 0.480 e. The van der Waals surface area contributed by atoms with Crippen molar-refractivity contribution >= 4 is 11.9 Å². The Balaban J connectivity index is 2.02. The molecule has 1 aromatic heterocycles. The Morgan fingerprint density at radius 3 is 2.82 bits per heavy atom. The van der Waals surface area contributed by atoms with Crippen molar-refractivity contribution in [3.8, 4) is 0 Å². The van der Waals surface area contributed by atoms with Gasteiger partial charge in [0.2, 0.25) is 0 Å². The minimum atomic E-state index is -0.969. The number of nitrogens with one attached hydrogen (secondary N) is 1. The number of carbonyl (C=O) groups excluding carboxylic acids is 1. The molecule has 0 saturated heterocycles. The van der Waals surface area contributed by atoms with Crippen molar-refractivity contribution in [1.82, 2.24) is 15.1 Å². The van der Waals surface area contributed by atoms with E-state index < -0.39 is 12.0 Å². The lowest BCUT2D eigenvalue weighted by Crippen LogP contribution is -2.42. The Morgan fingerprint density at radius 1 is 1.65 bits per heavy atom. The number of carboxylic acid groups (broad SMARTS) is 1. The molecule has 1 amide bonds. The van der Waals surface area contributed by atoms with Crippen LogP contribution in [-0.4, -0.2) is 32.8 Å². The Labute approximate surface area is 98.6 Å². The summed E-state index contributed by atoms with van der Waals surface area (Å²) in [5.74, 6) is -1.26. The second-order valence-electron chi connectivity index (χ2n) is 4.21. The summed E-state index contributed by atoms with van der Waals surface area (Å²) in [4.78, 5) is 22.8. The van der Waals surface area contributed by atoms with Gasteiger partial charge in [-0.3, -0.25) is 9.48 Å². The number of hydrogen-bond donors (Lipinski definition) is 2. The topological polar surface area (TPSA) is 84.2 Å². The third-order valence-electron chi connectivity index (χ3n) is 2.87. The van der Waals surface area contributed by atoms with Gasteiger partial charge in [-0.15, -0.1) is 0 Å². The molecule has 0 bridgehead atoms. The van der Waals surface area contributed by atoms with Gasteiger partial charge in [-0.25, -0.2) is 4.79 Å². The van der Waals surface area contributed by atoms with Crippen LogP contribution in [0.25, 0.3) is 0 Å². The molecule has 0 aromatic carbocycles. The summed E-state index contributed by atoms with van der Waals surface area (Å²) >= 11 is 0. The van der Waals surface area contributed by atoms with E-state index in [1.807, 2.05) is 6.92 Å². The maximum Gasteiger partial charge on any atom is 0.326 e. The fourth-order valence-corrected chi connectivity index (χ4v) is 1.69.